The fourth-order valence-corrected chi connectivity index (χ4v) is 3.35. The molecule has 0 aliphatic heterocycles. The summed E-state index contributed by atoms with van der Waals surface area (Å²) in [7, 11) is 0. The van der Waals surface area contributed by atoms with Crippen molar-refractivity contribution in [1.82, 2.24) is 0 Å². The minimum atomic E-state index is -1.11. The highest BCUT2D eigenvalue weighted by molar-refractivity contribution is 7.15. The van der Waals surface area contributed by atoms with Gasteiger partial charge in [-0.3, -0.25) is 0 Å². The Hall–Kier alpha value is -2.27. The molecule has 0 radical (unpaired) electrons. The van der Waals surface area contributed by atoms with Crippen LogP contribution < -0.4 is 4.74 Å². The summed E-state index contributed by atoms with van der Waals surface area (Å²) in [5, 5.41) is 0. The first-order chi connectivity index (χ1) is 11.5. The molecule has 0 atom stereocenters. The Morgan fingerprint density at radius 2 is 1.67 bits per heavy atom. The molecular formula is C19H15F3OS. The summed E-state index contributed by atoms with van der Waals surface area (Å²) < 4.78 is 47.7. The smallest absolute Gasteiger partial charge is 0.201 e. The highest BCUT2D eigenvalue weighted by Gasteiger charge is 2.18. The van der Waals surface area contributed by atoms with Crippen LogP contribution >= 0.6 is 11.3 Å². The Labute approximate surface area is 142 Å². The molecule has 124 valence electrons. The number of thiophene rings is 1. The van der Waals surface area contributed by atoms with Crippen LogP contribution in [0.3, 0.4) is 0 Å². The van der Waals surface area contributed by atoms with Crippen LogP contribution in [0.5, 0.6) is 5.75 Å². The van der Waals surface area contributed by atoms with Crippen LogP contribution in [-0.4, -0.2) is 6.61 Å². The maximum atomic E-state index is 14.5. The molecule has 0 saturated heterocycles. The zero-order valence-electron chi connectivity index (χ0n) is 13.2. The van der Waals surface area contributed by atoms with Gasteiger partial charge in [0, 0.05) is 20.9 Å². The van der Waals surface area contributed by atoms with E-state index in [0.717, 1.165) is 9.75 Å². The number of aryl methyl sites for hydroxylation is 1. The fraction of sp³-hybridized carbons (Fsp3) is 0.158. The standard InChI is InChI=1S/C19H15F3OS/c1-3-23-16-8-7-14(18(21)19(16)22)13-6-5-12(10-15(13)20)17-9-4-11(2)24-17/h4-10H,3H2,1-2H3. The number of benzene rings is 2. The lowest BCUT2D eigenvalue weighted by atomic mass is 10.0. The summed E-state index contributed by atoms with van der Waals surface area (Å²) >= 11 is 1.55. The minimum absolute atomic E-state index is 0.0199. The van der Waals surface area contributed by atoms with Gasteiger partial charge in [-0.15, -0.1) is 11.3 Å². The van der Waals surface area contributed by atoms with E-state index in [4.69, 9.17) is 4.74 Å². The van der Waals surface area contributed by atoms with Gasteiger partial charge in [-0.25, -0.2) is 8.78 Å². The maximum absolute atomic E-state index is 14.5. The first-order valence-corrected chi connectivity index (χ1v) is 8.30. The van der Waals surface area contributed by atoms with Gasteiger partial charge in [0.05, 0.1) is 6.61 Å². The monoisotopic (exact) mass is 348 g/mol. The number of hydrogen-bond donors (Lipinski definition) is 0. The molecule has 5 heteroatoms. The molecule has 0 aliphatic carbocycles. The molecule has 0 fully saturated rings. The molecule has 1 nitrogen and oxygen atoms in total. The summed E-state index contributed by atoms with van der Waals surface area (Å²) in [5.74, 6) is -2.99. The van der Waals surface area contributed by atoms with Crippen molar-refractivity contribution in [3.63, 3.8) is 0 Å². The van der Waals surface area contributed by atoms with Crippen molar-refractivity contribution in [3.8, 4) is 27.3 Å². The fourth-order valence-electron chi connectivity index (χ4n) is 2.48. The molecule has 1 heterocycles. The SMILES string of the molecule is CCOc1ccc(-c2ccc(-c3ccc(C)s3)cc2F)c(F)c1F. The molecule has 0 bridgehead atoms. The van der Waals surface area contributed by atoms with Crippen LogP contribution in [0, 0.1) is 24.4 Å². The van der Waals surface area contributed by atoms with Gasteiger partial charge in [0.1, 0.15) is 5.82 Å². The molecule has 0 aliphatic rings. The number of hydrogen-bond acceptors (Lipinski definition) is 2. The molecule has 0 N–H and O–H groups in total. The summed E-state index contributed by atoms with van der Waals surface area (Å²) in [6, 6.07) is 11.0. The Morgan fingerprint density at radius 1 is 0.917 bits per heavy atom. The van der Waals surface area contributed by atoms with E-state index in [9.17, 15) is 13.2 Å². The Kier molecular flexibility index (Phi) is 4.62. The number of rotatable bonds is 4. The van der Waals surface area contributed by atoms with E-state index in [-0.39, 0.29) is 23.5 Å². The second-order valence-electron chi connectivity index (χ2n) is 5.28. The van der Waals surface area contributed by atoms with Crippen LogP contribution in [0.1, 0.15) is 11.8 Å². The van der Waals surface area contributed by atoms with Gasteiger partial charge in [0.25, 0.3) is 0 Å². The first kappa shape index (κ1) is 16.6. The predicted octanol–water partition coefficient (Wildman–Crippen LogP) is 6.21. The van der Waals surface area contributed by atoms with Crippen molar-refractivity contribution in [2.24, 2.45) is 0 Å². The van der Waals surface area contributed by atoms with Gasteiger partial charge in [-0.2, -0.15) is 4.39 Å². The average molecular weight is 348 g/mol. The largest absolute Gasteiger partial charge is 0.491 e. The van der Waals surface area contributed by atoms with Crippen molar-refractivity contribution in [2.75, 3.05) is 6.61 Å². The van der Waals surface area contributed by atoms with E-state index in [1.807, 2.05) is 19.1 Å². The van der Waals surface area contributed by atoms with Crippen molar-refractivity contribution in [3.05, 3.63) is 64.8 Å². The van der Waals surface area contributed by atoms with Crippen molar-refractivity contribution >= 4 is 11.3 Å². The minimum Gasteiger partial charge on any atom is -0.491 e. The topological polar surface area (TPSA) is 9.23 Å². The third kappa shape index (κ3) is 3.04. The van der Waals surface area contributed by atoms with E-state index < -0.39 is 17.5 Å². The lowest BCUT2D eigenvalue weighted by Gasteiger charge is -2.10. The maximum Gasteiger partial charge on any atom is 0.201 e. The van der Waals surface area contributed by atoms with Gasteiger partial charge < -0.3 is 4.74 Å². The summed E-state index contributed by atoms with van der Waals surface area (Å²) in [6.45, 7) is 3.87. The molecule has 3 aromatic rings. The lowest BCUT2D eigenvalue weighted by Crippen LogP contribution is -1.99. The molecule has 0 spiro atoms. The Bertz CT molecular complexity index is 886. The summed E-state index contributed by atoms with van der Waals surface area (Å²) in [6.07, 6.45) is 0. The summed E-state index contributed by atoms with van der Waals surface area (Å²) in [5.41, 5.74) is 0.606. The second kappa shape index (κ2) is 6.69. The van der Waals surface area contributed by atoms with Gasteiger partial charge in [-0.1, -0.05) is 12.1 Å². The zero-order chi connectivity index (χ0) is 17.3. The average Bonchev–Trinajstić information content (AvgIpc) is 2.99. The Morgan fingerprint density at radius 3 is 2.29 bits per heavy atom. The third-order valence-corrected chi connectivity index (χ3v) is 4.68. The van der Waals surface area contributed by atoms with E-state index in [1.165, 1.54) is 24.3 Å². The molecular weight excluding hydrogens is 333 g/mol. The van der Waals surface area contributed by atoms with Crippen LogP contribution in [0.2, 0.25) is 0 Å². The van der Waals surface area contributed by atoms with Crippen LogP contribution in [0.15, 0.2) is 42.5 Å². The second-order valence-corrected chi connectivity index (χ2v) is 6.57. The molecule has 0 saturated carbocycles. The first-order valence-electron chi connectivity index (χ1n) is 7.48. The molecule has 2 aromatic carbocycles. The highest BCUT2D eigenvalue weighted by atomic mass is 32.1. The highest BCUT2D eigenvalue weighted by Crippen LogP contribution is 2.34. The van der Waals surface area contributed by atoms with Gasteiger partial charge in [0.2, 0.25) is 5.82 Å². The Balaban J connectivity index is 2.03. The van der Waals surface area contributed by atoms with E-state index in [0.29, 0.717) is 5.56 Å². The van der Waals surface area contributed by atoms with E-state index >= 15 is 0 Å². The molecule has 0 unspecified atom stereocenters. The summed E-state index contributed by atoms with van der Waals surface area (Å²) in [4.78, 5) is 2.05. The van der Waals surface area contributed by atoms with Crippen LogP contribution in [0.4, 0.5) is 13.2 Å². The number of ether oxygens (including phenoxy) is 1. The van der Waals surface area contributed by atoms with E-state index in [2.05, 4.69) is 0 Å². The quantitative estimate of drug-likeness (QED) is 0.545. The van der Waals surface area contributed by atoms with Gasteiger partial charge in [-0.05, 0) is 49.7 Å². The zero-order valence-corrected chi connectivity index (χ0v) is 14.0. The molecule has 1 aromatic heterocycles. The van der Waals surface area contributed by atoms with Crippen LogP contribution in [0.25, 0.3) is 21.6 Å². The van der Waals surface area contributed by atoms with Crippen molar-refractivity contribution < 1.29 is 17.9 Å². The number of halogens is 3. The molecule has 24 heavy (non-hydrogen) atoms. The molecule has 3 rings (SSSR count). The normalized spacial score (nSPS) is 10.9. The third-order valence-electron chi connectivity index (χ3n) is 3.63. The lowest BCUT2D eigenvalue weighted by molar-refractivity contribution is 0.314. The van der Waals surface area contributed by atoms with Gasteiger partial charge >= 0.3 is 0 Å². The predicted molar refractivity (Wildman–Crippen MR) is 91.0 cm³/mol. The van der Waals surface area contributed by atoms with Crippen molar-refractivity contribution in [1.29, 1.82) is 0 Å². The molecule has 0 amide bonds. The van der Waals surface area contributed by atoms with E-state index in [1.54, 1.807) is 24.3 Å². The van der Waals surface area contributed by atoms with Gasteiger partial charge in [0.15, 0.2) is 11.6 Å². The van der Waals surface area contributed by atoms with Crippen LogP contribution in [-0.2, 0) is 0 Å². The van der Waals surface area contributed by atoms with Crippen molar-refractivity contribution in [2.45, 2.75) is 13.8 Å².